The van der Waals surface area contributed by atoms with Gasteiger partial charge < -0.3 is 10.6 Å². The van der Waals surface area contributed by atoms with E-state index < -0.39 is 21.9 Å². The standard InChI is InChI=1S/C34H44FN3O3S/c1-24(2)23-38(42(40,41)29-11-7-6-8-12-29)32(26-15-17-28(35)18-16-26)21-33(39)37-31-13-9-10-27-20-25(14-19-30(27)31)22-36-34(3,4)5/h6-8,11-12,14-20,24,31-32,36H,9-10,13,21-23H2,1-5H3,(H,37,39). The fraction of sp³-hybridized carbons (Fsp3) is 0.441. The van der Waals surface area contributed by atoms with Gasteiger partial charge in [0.05, 0.1) is 17.0 Å². The molecule has 0 bridgehead atoms. The third-order valence-electron chi connectivity index (χ3n) is 7.56. The molecular weight excluding hydrogens is 549 g/mol. The molecule has 2 unspecified atom stereocenters. The van der Waals surface area contributed by atoms with Crippen molar-refractivity contribution in [1.82, 2.24) is 14.9 Å². The first-order valence-corrected chi connectivity index (χ1v) is 16.3. The largest absolute Gasteiger partial charge is 0.349 e. The number of nitrogens with one attached hydrogen (secondary N) is 2. The molecule has 6 nitrogen and oxygen atoms in total. The molecule has 0 fully saturated rings. The molecule has 3 aromatic rings. The minimum absolute atomic E-state index is 0.00156. The average Bonchev–Trinajstić information content (AvgIpc) is 2.94. The molecule has 0 aromatic heterocycles. The summed E-state index contributed by atoms with van der Waals surface area (Å²) in [7, 11) is -3.95. The maximum Gasteiger partial charge on any atom is 0.243 e. The number of amides is 1. The monoisotopic (exact) mass is 593 g/mol. The zero-order valence-electron chi connectivity index (χ0n) is 25.4. The predicted octanol–water partition coefficient (Wildman–Crippen LogP) is 6.69. The Labute approximate surface area is 250 Å². The molecule has 1 amide bonds. The first-order valence-electron chi connectivity index (χ1n) is 14.8. The van der Waals surface area contributed by atoms with E-state index in [-0.39, 0.29) is 41.3 Å². The smallest absolute Gasteiger partial charge is 0.243 e. The zero-order valence-corrected chi connectivity index (χ0v) is 26.2. The van der Waals surface area contributed by atoms with Crippen LogP contribution in [0.25, 0.3) is 0 Å². The summed E-state index contributed by atoms with van der Waals surface area (Å²) >= 11 is 0. The van der Waals surface area contributed by atoms with Crippen LogP contribution < -0.4 is 10.6 Å². The van der Waals surface area contributed by atoms with Gasteiger partial charge in [0.25, 0.3) is 0 Å². The molecule has 3 aromatic carbocycles. The topological polar surface area (TPSA) is 78.5 Å². The van der Waals surface area contributed by atoms with Crippen LogP contribution in [0.5, 0.6) is 0 Å². The van der Waals surface area contributed by atoms with Crippen LogP contribution in [0.1, 0.15) is 88.2 Å². The number of fused-ring (bicyclic) bond motifs is 1. The third kappa shape index (κ3) is 8.27. The predicted molar refractivity (Wildman–Crippen MR) is 166 cm³/mol. The van der Waals surface area contributed by atoms with Gasteiger partial charge in [-0.1, -0.05) is 62.4 Å². The summed E-state index contributed by atoms with van der Waals surface area (Å²) in [4.78, 5) is 13.9. The van der Waals surface area contributed by atoms with Crippen LogP contribution in [0.4, 0.5) is 4.39 Å². The lowest BCUT2D eigenvalue weighted by molar-refractivity contribution is -0.122. The SMILES string of the molecule is CC(C)CN(C(CC(=O)NC1CCCc2cc(CNC(C)(C)C)ccc21)c1ccc(F)cc1)S(=O)(=O)c1ccccc1. The maximum atomic E-state index is 13.9. The van der Waals surface area contributed by atoms with E-state index in [0.717, 1.165) is 31.4 Å². The molecule has 1 aliphatic rings. The number of benzene rings is 3. The summed E-state index contributed by atoms with van der Waals surface area (Å²) in [6.07, 6.45) is 2.65. The van der Waals surface area contributed by atoms with Crippen molar-refractivity contribution in [1.29, 1.82) is 0 Å². The van der Waals surface area contributed by atoms with E-state index in [9.17, 15) is 17.6 Å². The Morgan fingerprint density at radius 2 is 1.71 bits per heavy atom. The lowest BCUT2D eigenvalue weighted by Crippen LogP contribution is -2.41. The zero-order chi connectivity index (χ0) is 30.5. The van der Waals surface area contributed by atoms with E-state index in [2.05, 4.69) is 49.6 Å². The Balaban J connectivity index is 1.60. The van der Waals surface area contributed by atoms with E-state index in [1.54, 1.807) is 42.5 Å². The highest BCUT2D eigenvalue weighted by atomic mass is 32.2. The molecule has 42 heavy (non-hydrogen) atoms. The van der Waals surface area contributed by atoms with Gasteiger partial charge in [0.1, 0.15) is 5.82 Å². The summed E-state index contributed by atoms with van der Waals surface area (Å²) in [6, 6.07) is 19.5. The first-order chi connectivity index (χ1) is 19.8. The third-order valence-corrected chi connectivity index (χ3v) is 9.44. The molecule has 2 N–H and O–H groups in total. The second-order valence-corrected chi connectivity index (χ2v) is 14.6. The second kappa shape index (κ2) is 13.5. The van der Waals surface area contributed by atoms with Gasteiger partial charge in [0.2, 0.25) is 15.9 Å². The number of rotatable bonds is 11. The summed E-state index contributed by atoms with van der Waals surface area (Å²) in [5.41, 5.74) is 4.16. The minimum atomic E-state index is -3.95. The molecular formula is C34H44FN3O3S. The van der Waals surface area contributed by atoms with E-state index in [1.165, 1.54) is 27.6 Å². The van der Waals surface area contributed by atoms with E-state index in [4.69, 9.17) is 0 Å². The van der Waals surface area contributed by atoms with Crippen molar-refractivity contribution in [3.05, 3.63) is 101 Å². The second-order valence-electron chi connectivity index (χ2n) is 12.7. The number of nitrogens with zero attached hydrogens (tertiary/aromatic N) is 1. The fourth-order valence-electron chi connectivity index (χ4n) is 5.48. The van der Waals surface area contributed by atoms with Gasteiger partial charge in [-0.2, -0.15) is 4.31 Å². The van der Waals surface area contributed by atoms with Crippen LogP contribution in [0, 0.1) is 11.7 Å². The molecule has 0 radical (unpaired) electrons. The molecule has 226 valence electrons. The van der Waals surface area contributed by atoms with Crippen LogP contribution in [-0.4, -0.2) is 30.7 Å². The average molecular weight is 594 g/mol. The number of halogens is 1. The van der Waals surface area contributed by atoms with Crippen LogP contribution in [0.2, 0.25) is 0 Å². The van der Waals surface area contributed by atoms with E-state index in [1.807, 2.05) is 13.8 Å². The van der Waals surface area contributed by atoms with Crippen molar-refractivity contribution in [2.24, 2.45) is 5.92 Å². The molecule has 4 rings (SSSR count). The molecule has 8 heteroatoms. The number of carbonyl (C=O) groups excluding carboxylic acids is 1. The van der Waals surface area contributed by atoms with Crippen LogP contribution >= 0.6 is 0 Å². The van der Waals surface area contributed by atoms with Crippen molar-refractivity contribution in [3.8, 4) is 0 Å². The number of hydrogen-bond acceptors (Lipinski definition) is 4. The molecule has 0 heterocycles. The van der Waals surface area contributed by atoms with Gasteiger partial charge in [0.15, 0.2) is 0 Å². The van der Waals surface area contributed by atoms with Gasteiger partial charge in [-0.3, -0.25) is 4.79 Å². The van der Waals surface area contributed by atoms with Crippen LogP contribution in [0.3, 0.4) is 0 Å². The quantitative estimate of drug-likeness (QED) is 0.260. The Hall–Kier alpha value is -3.07. The van der Waals surface area contributed by atoms with E-state index >= 15 is 0 Å². The number of aryl methyl sites for hydroxylation is 1. The lowest BCUT2D eigenvalue weighted by Gasteiger charge is -2.33. The Morgan fingerprint density at radius 3 is 2.36 bits per heavy atom. The molecule has 2 atom stereocenters. The van der Waals surface area contributed by atoms with Gasteiger partial charge in [-0.05, 0) is 92.5 Å². The highest BCUT2D eigenvalue weighted by Gasteiger charge is 2.35. The highest BCUT2D eigenvalue weighted by Crippen LogP contribution is 2.34. The van der Waals surface area contributed by atoms with Gasteiger partial charge >= 0.3 is 0 Å². The van der Waals surface area contributed by atoms with Gasteiger partial charge in [-0.25, -0.2) is 12.8 Å². The molecule has 0 spiro atoms. The first kappa shape index (κ1) is 31.9. The van der Waals surface area contributed by atoms with Crippen molar-refractivity contribution in [3.63, 3.8) is 0 Å². The minimum Gasteiger partial charge on any atom is -0.349 e. The Kier molecular flexibility index (Phi) is 10.2. The van der Waals surface area contributed by atoms with E-state index in [0.29, 0.717) is 5.56 Å². The number of carbonyl (C=O) groups is 1. The van der Waals surface area contributed by atoms with Crippen molar-refractivity contribution >= 4 is 15.9 Å². The lowest BCUT2D eigenvalue weighted by atomic mass is 9.86. The molecule has 0 saturated carbocycles. The molecule has 0 saturated heterocycles. The summed E-state index contributed by atoms with van der Waals surface area (Å²) in [5.74, 6) is -0.654. The van der Waals surface area contributed by atoms with Crippen molar-refractivity contribution in [2.75, 3.05) is 6.54 Å². The van der Waals surface area contributed by atoms with Crippen molar-refractivity contribution in [2.45, 2.75) is 89.4 Å². The fourth-order valence-corrected chi connectivity index (χ4v) is 7.27. The Morgan fingerprint density at radius 1 is 1.02 bits per heavy atom. The van der Waals surface area contributed by atoms with Gasteiger partial charge in [0, 0.05) is 25.0 Å². The summed E-state index contributed by atoms with van der Waals surface area (Å²) < 4.78 is 43.2. The van der Waals surface area contributed by atoms with Gasteiger partial charge in [-0.15, -0.1) is 0 Å². The van der Waals surface area contributed by atoms with Crippen LogP contribution in [0.15, 0.2) is 77.7 Å². The number of sulfonamides is 1. The van der Waals surface area contributed by atoms with Crippen LogP contribution in [-0.2, 0) is 27.8 Å². The summed E-state index contributed by atoms with van der Waals surface area (Å²) in [6.45, 7) is 11.3. The normalized spacial score (nSPS) is 16.3. The molecule has 0 aliphatic heterocycles. The van der Waals surface area contributed by atoms with Crippen molar-refractivity contribution < 1.29 is 17.6 Å². The highest BCUT2D eigenvalue weighted by molar-refractivity contribution is 7.89. The molecule has 1 aliphatic carbocycles. The summed E-state index contributed by atoms with van der Waals surface area (Å²) in [5, 5.41) is 6.74. The number of hydrogen-bond donors (Lipinski definition) is 2. The Bertz CT molecular complexity index is 1450. The maximum absolute atomic E-state index is 13.9.